The monoisotopic (exact) mass is 425 g/mol. The Morgan fingerprint density at radius 1 is 1.45 bits per heavy atom. The minimum absolute atomic E-state index is 0.0961. The van der Waals surface area contributed by atoms with Crippen molar-refractivity contribution in [1.82, 2.24) is 20.1 Å². The molecule has 2 rings (SSSR count). The van der Waals surface area contributed by atoms with Crippen LogP contribution in [0.5, 0.6) is 0 Å². The van der Waals surface area contributed by atoms with Crippen molar-refractivity contribution in [3.8, 4) is 0 Å². The number of piperazine rings is 1. The molecule has 0 saturated carbocycles. The zero-order valence-electron chi connectivity index (χ0n) is 16.7. The van der Waals surface area contributed by atoms with E-state index in [4.69, 9.17) is 5.41 Å². The molecule has 10 nitrogen and oxygen atoms in total. The predicted octanol–water partition coefficient (Wildman–Crippen LogP) is -0.498. The number of hydrogen-bond donors (Lipinski definition) is 3. The van der Waals surface area contributed by atoms with E-state index in [1.54, 1.807) is 12.1 Å². The van der Waals surface area contributed by atoms with Crippen molar-refractivity contribution >= 4 is 28.1 Å². The molecule has 3 N–H and O–H groups in total. The first-order valence-corrected chi connectivity index (χ1v) is 10.6. The lowest BCUT2D eigenvalue weighted by atomic mass is 10.0. The van der Waals surface area contributed by atoms with Crippen LogP contribution in [0.4, 0.5) is 0 Å². The molecule has 1 aromatic carbocycles. The van der Waals surface area contributed by atoms with Gasteiger partial charge in [0, 0.05) is 26.6 Å². The Hall–Kier alpha value is -2.34. The number of aryl methyl sites for hydroxylation is 1. The highest BCUT2D eigenvalue weighted by Crippen LogP contribution is 2.15. The lowest BCUT2D eigenvalue weighted by molar-refractivity contribution is -0.149. The summed E-state index contributed by atoms with van der Waals surface area (Å²) >= 11 is 0. The average Bonchev–Trinajstić information content (AvgIpc) is 2.68. The Morgan fingerprint density at radius 2 is 2.10 bits per heavy atom. The van der Waals surface area contributed by atoms with Gasteiger partial charge in [0.15, 0.2) is 0 Å². The zero-order chi connectivity index (χ0) is 21.6. The van der Waals surface area contributed by atoms with Crippen LogP contribution in [0, 0.1) is 12.3 Å². The number of likely N-dealkylation sites (N-methyl/N-ethyl adjacent to an activating group) is 1. The van der Waals surface area contributed by atoms with Crippen molar-refractivity contribution in [3.63, 3.8) is 0 Å². The largest absolute Gasteiger partial charge is 0.468 e. The fraction of sp³-hybridized carbons (Fsp3) is 0.500. The third-order valence-electron chi connectivity index (χ3n) is 4.71. The Bertz CT molecular complexity index is 843. The van der Waals surface area contributed by atoms with E-state index in [0.29, 0.717) is 13.1 Å². The van der Waals surface area contributed by atoms with Gasteiger partial charge in [0.05, 0.1) is 18.0 Å². The normalized spacial score (nSPS) is 18.6. The molecule has 29 heavy (non-hydrogen) atoms. The van der Waals surface area contributed by atoms with Gasteiger partial charge < -0.3 is 20.4 Å². The zero-order valence-corrected chi connectivity index (χ0v) is 17.5. The molecule has 0 aromatic heterocycles. The summed E-state index contributed by atoms with van der Waals surface area (Å²) in [5, 5.41) is 11.8. The Labute approximate surface area is 170 Å². The fourth-order valence-corrected chi connectivity index (χ4v) is 4.21. The summed E-state index contributed by atoms with van der Waals surface area (Å²) in [4.78, 5) is 28.3. The van der Waals surface area contributed by atoms with Gasteiger partial charge in [-0.2, -0.15) is 0 Å². The summed E-state index contributed by atoms with van der Waals surface area (Å²) in [6.45, 7) is 2.45. The Kier molecular flexibility index (Phi) is 7.85. The van der Waals surface area contributed by atoms with Crippen LogP contribution in [0.3, 0.4) is 0 Å². The molecule has 1 unspecified atom stereocenters. The van der Waals surface area contributed by atoms with E-state index in [2.05, 4.69) is 14.9 Å². The van der Waals surface area contributed by atoms with E-state index in [1.165, 1.54) is 36.2 Å². The van der Waals surface area contributed by atoms with Crippen molar-refractivity contribution in [2.75, 3.05) is 33.8 Å². The summed E-state index contributed by atoms with van der Waals surface area (Å²) < 4.78 is 30.0. The van der Waals surface area contributed by atoms with Gasteiger partial charge in [-0.25, -0.2) is 13.4 Å². The van der Waals surface area contributed by atoms with Crippen molar-refractivity contribution in [2.24, 2.45) is 0 Å². The SMILES string of the molecule is COC(=O)CN1CCN[C@@H](C(CC=N)N(C)NS(=O)(=O)c2ccc(C)cc2)C1=O. The van der Waals surface area contributed by atoms with E-state index >= 15 is 0 Å². The molecular formula is C18H27N5O5S. The maximum atomic E-state index is 12.8. The fourth-order valence-electron chi connectivity index (χ4n) is 3.09. The standard InChI is InChI=1S/C18H27N5O5S/c1-13-4-6-14(7-5-13)29(26,27)21-22(2)15(8-9-19)17-18(25)23(11-10-20-17)12-16(24)28-3/h4-7,9,15,17,19-21H,8,10-12H2,1-3H3/t15?,17-/m0/s1. The molecule has 0 aliphatic carbocycles. The van der Waals surface area contributed by atoms with Crippen LogP contribution < -0.4 is 10.1 Å². The number of rotatable bonds is 9. The highest BCUT2D eigenvalue weighted by Gasteiger charge is 2.38. The lowest BCUT2D eigenvalue weighted by Gasteiger charge is -2.39. The number of nitrogens with zero attached hydrogens (tertiary/aromatic N) is 2. The topological polar surface area (TPSA) is 132 Å². The number of carbonyl (C=O) groups is 2. The number of ether oxygens (including phenoxy) is 1. The van der Waals surface area contributed by atoms with E-state index in [0.717, 1.165) is 11.8 Å². The first-order valence-electron chi connectivity index (χ1n) is 9.09. The molecule has 160 valence electrons. The van der Waals surface area contributed by atoms with Crippen LogP contribution in [0.25, 0.3) is 0 Å². The highest BCUT2D eigenvalue weighted by atomic mass is 32.2. The van der Waals surface area contributed by atoms with Gasteiger partial charge >= 0.3 is 5.97 Å². The molecule has 0 spiro atoms. The molecular weight excluding hydrogens is 398 g/mol. The molecule has 11 heteroatoms. The van der Waals surface area contributed by atoms with Gasteiger partial charge in [-0.1, -0.05) is 17.7 Å². The number of hydrogen-bond acceptors (Lipinski definition) is 8. The summed E-state index contributed by atoms with van der Waals surface area (Å²) in [6, 6.07) is 4.93. The molecule has 1 aliphatic rings. The second kappa shape index (κ2) is 9.92. The molecule has 1 amide bonds. The van der Waals surface area contributed by atoms with E-state index in [-0.39, 0.29) is 23.8 Å². The molecule has 2 atom stereocenters. The second-order valence-corrected chi connectivity index (χ2v) is 8.45. The predicted molar refractivity (Wildman–Crippen MR) is 107 cm³/mol. The van der Waals surface area contributed by atoms with Crippen LogP contribution in [0.2, 0.25) is 0 Å². The molecule has 1 saturated heterocycles. The molecule has 1 aliphatic heterocycles. The average molecular weight is 426 g/mol. The highest BCUT2D eigenvalue weighted by molar-refractivity contribution is 7.89. The number of esters is 1. The number of sulfonamides is 1. The van der Waals surface area contributed by atoms with E-state index in [1.807, 2.05) is 6.92 Å². The second-order valence-electron chi connectivity index (χ2n) is 6.79. The maximum absolute atomic E-state index is 12.8. The van der Waals surface area contributed by atoms with Crippen LogP contribution in [-0.4, -0.2) is 82.3 Å². The number of benzene rings is 1. The molecule has 1 heterocycles. The van der Waals surface area contributed by atoms with Gasteiger partial charge in [-0.3, -0.25) is 9.59 Å². The summed E-state index contributed by atoms with van der Waals surface area (Å²) in [6.07, 6.45) is 1.25. The lowest BCUT2D eigenvalue weighted by Crippen LogP contribution is -2.65. The van der Waals surface area contributed by atoms with Crippen LogP contribution in [0.1, 0.15) is 12.0 Å². The van der Waals surface area contributed by atoms with Crippen molar-refractivity contribution < 1.29 is 22.7 Å². The van der Waals surface area contributed by atoms with E-state index < -0.39 is 28.1 Å². The molecule has 0 radical (unpaired) electrons. The van der Waals surface area contributed by atoms with Gasteiger partial charge in [0.1, 0.15) is 12.6 Å². The first kappa shape index (κ1) is 22.9. The van der Waals surface area contributed by atoms with Crippen LogP contribution in [0.15, 0.2) is 29.2 Å². The number of methoxy groups -OCH3 is 1. The summed E-state index contributed by atoms with van der Waals surface area (Å²) in [7, 11) is -1.10. The number of nitrogens with one attached hydrogen (secondary N) is 3. The maximum Gasteiger partial charge on any atom is 0.325 e. The van der Waals surface area contributed by atoms with Crippen LogP contribution in [-0.2, 0) is 24.3 Å². The smallest absolute Gasteiger partial charge is 0.325 e. The van der Waals surface area contributed by atoms with Gasteiger partial charge in [-0.05, 0) is 25.3 Å². The van der Waals surface area contributed by atoms with Crippen LogP contribution >= 0.6 is 0 Å². The number of hydrazine groups is 1. The molecule has 1 fully saturated rings. The first-order chi connectivity index (χ1) is 13.7. The van der Waals surface area contributed by atoms with E-state index in [9.17, 15) is 18.0 Å². The van der Waals surface area contributed by atoms with Gasteiger partial charge in [0.2, 0.25) is 5.91 Å². The Morgan fingerprint density at radius 3 is 2.69 bits per heavy atom. The van der Waals surface area contributed by atoms with Crippen molar-refractivity contribution in [1.29, 1.82) is 5.41 Å². The molecule has 1 aromatic rings. The summed E-state index contributed by atoms with van der Waals surface area (Å²) in [5.74, 6) is -0.883. The third-order valence-corrected chi connectivity index (χ3v) is 6.13. The van der Waals surface area contributed by atoms with Gasteiger partial charge in [-0.15, -0.1) is 4.83 Å². The molecule has 0 bridgehead atoms. The minimum atomic E-state index is -3.86. The minimum Gasteiger partial charge on any atom is -0.468 e. The van der Waals surface area contributed by atoms with Crippen molar-refractivity contribution in [3.05, 3.63) is 29.8 Å². The number of amides is 1. The quantitative estimate of drug-likeness (QED) is 0.276. The van der Waals surface area contributed by atoms with Crippen molar-refractivity contribution in [2.45, 2.75) is 30.3 Å². The third kappa shape index (κ3) is 5.82. The Balaban J connectivity index is 2.18. The van der Waals surface area contributed by atoms with Gasteiger partial charge in [0.25, 0.3) is 10.0 Å². The summed E-state index contributed by atoms with van der Waals surface area (Å²) in [5.41, 5.74) is 0.932. The number of carbonyl (C=O) groups excluding carboxylic acids is 2.